The zero-order valence-electron chi connectivity index (χ0n) is 14.6. The van der Waals surface area contributed by atoms with Crippen LogP contribution in [0, 0.1) is 0 Å². The third-order valence-corrected chi connectivity index (χ3v) is 3.64. The van der Waals surface area contributed by atoms with Crippen LogP contribution in [0.25, 0.3) is 0 Å². The number of anilines is 1. The zero-order chi connectivity index (χ0) is 19.3. The molecular weight excluding hydrogens is 351 g/mol. The largest absolute Gasteiger partial charge is 0.497 e. The summed E-state index contributed by atoms with van der Waals surface area (Å²) in [5.41, 5.74) is -2.22. The maximum atomic E-state index is 13.4. The van der Waals surface area contributed by atoms with Crippen LogP contribution in [-0.2, 0) is 17.5 Å². The van der Waals surface area contributed by atoms with Crippen LogP contribution in [0.1, 0.15) is 18.1 Å². The Morgan fingerprint density at radius 3 is 2.42 bits per heavy atom. The van der Waals surface area contributed by atoms with Crippen molar-refractivity contribution in [3.05, 3.63) is 51.9 Å². The molecular formula is C17H20F3N3O3. The number of benzene rings is 1. The molecule has 0 aliphatic carbocycles. The number of halogens is 3. The van der Waals surface area contributed by atoms with E-state index in [9.17, 15) is 18.0 Å². The predicted octanol–water partition coefficient (Wildman–Crippen LogP) is 2.77. The van der Waals surface area contributed by atoms with E-state index < -0.39 is 23.3 Å². The molecule has 0 amide bonds. The molecule has 2 rings (SSSR count). The molecule has 0 spiro atoms. The van der Waals surface area contributed by atoms with Crippen LogP contribution in [0.5, 0.6) is 5.75 Å². The summed E-state index contributed by atoms with van der Waals surface area (Å²) in [6.45, 7) is 1.75. The Morgan fingerprint density at radius 2 is 1.88 bits per heavy atom. The summed E-state index contributed by atoms with van der Waals surface area (Å²) >= 11 is 0. The average molecular weight is 371 g/mol. The highest BCUT2D eigenvalue weighted by Crippen LogP contribution is 2.32. The number of alkyl halides is 3. The van der Waals surface area contributed by atoms with Gasteiger partial charge in [0, 0.05) is 13.2 Å². The lowest BCUT2D eigenvalue weighted by atomic mass is 10.2. The summed E-state index contributed by atoms with van der Waals surface area (Å²) < 4.78 is 51.0. The van der Waals surface area contributed by atoms with E-state index in [0.29, 0.717) is 11.3 Å². The Hall–Kier alpha value is -2.55. The number of rotatable bonds is 7. The third-order valence-electron chi connectivity index (χ3n) is 3.64. The Bertz CT molecular complexity index is 789. The number of ether oxygens (including phenoxy) is 2. The number of aromatic nitrogens is 2. The first-order valence-electron chi connectivity index (χ1n) is 7.82. The minimum atomic E-state index is -4.81. The third kappa shape index (κ3) is 4.75. The van der Waals surface area contributed by atoms with Crippen LogP contribution >= 0.6 is 0 Å². The second-order valence-corrected chi connectivity index (χ2v) is 5.74. The average Bonchev–Trinajstić information content (AvgIpc) is 2.57. The maximum absolute atomic E-state index is 13.4. The fourth-order valence-electron chi connectivity index (χ4n) is 2.45. The highest BCUT2D eigenvalue weighted by Gasteiger charge is 2.38. The fraction of sp³-hybridized carbons (Fsp3) is 0.412. The van der Waals surface area contributed by atoms with E-state index in [1.54, 1.807) is 31.2 Å². The predicted molar refractivity (Wildman–Crippen MR) is 90.6 cm³/mol. The molecule has 1 N–H and O–H groups in total. The molecule has 0 aliphatic heterocycles. The first-order valence-corrected chi connectivity index (χ1v) is 7.82. The molecule has 1 heterocycles. The van der Waals surface area contributed by atoms with Gasteiger partial charge in [-0.2, -0.15) is 18.3 Å². The minimum Gasteiger partial charge on any atom is -0.497 e. The number of hydrogen-bond acceptors (Lipinski definition) is 5. The van der Waals surface area contributed by atoms with Crippen molar-refractivity contribution < 1.29 is 22.6 Å². The van der Waals surface area contributed by atoms with Crippen molar-refractivity contribution in [1.82, 2.24) is 9.78 Å². The van der Waals surface area contributed by atoms with Crippen molar-refractivity contribution in [2.75, 3.05) is 26.1 Å². The maximum Gasteiger partial charge on any atom is 0.423 e. The summed E-state index contributed by atoms with van der Waals surface area (Å²) in [7, 11) is 2.95. The standard InChI is InChI=1S/C17H20F3N3O3/c1-11(10-25-2)22-14-8-21-23(16(24)15(14)17(18,19)20)9-12-4-6-13(26-3)7-5-12/h4-8,11,22H,9-10H2,1-3H3/t11-/m0/s1. The molecule has 0 unspecified atom stereocenters. The Morgan fingerprint density at radius 1 is 1.23 bits per heavy atom. The molecule has 0 saturated heterocycles. The van der Waals surface area contributed by atoms with Gasteiger partial charge < -0.3 is 14.8 Å². The number of nitrogens with one attached hydrogen (secondary N) is 1. The summed E-state index contributed by atoms with van der Waals surface area (Å²) in [4.78, 5) is 12.4. The smallest absolute Gasteiger partial charge is 0.423 e. The van der Waals surface area contributed by atoms with Gasteiger partial charge in [0.2, 0.25) is 0 Å². The first-order chi connectivity index (χ1) is 12.3. The van der Waals surface area contributed by atoms with Gasteiger partial charge in [-0.05, 0) is 24.6 Å². The number of hydrogen-bond donors (Lipinski definition) is 1. The van der Waals surface area contributed by atoms with E-state index in [2.05, 4.69) is 10.4 Å². The molecule has 26 heavy (non-hydrogen) atoms. The Labute approximate surface area is 148 Å². The summed E-state index contributed by atoms with van der Waals surface area (Å²) in [6.07, 6.45) is -3.79. The van der Waals surface area contributed by atoms with Gasteiger partial charge in [0.1, 0.15) is 11.3 Å². The second-order valence-electron chi connectivity index (χ2n) is 5.74. The highest BCUT2D eigenvalue weighted by atomic mass is 19.4. The van der Waals surface area contributed by atoms with Crippen LogP contribution in [0.15, 0.2) is 35.3 Å². The van der Waals surface area contributed by atoms with Gasteiger partial charge in [-0.25, -0.2) is 4.68 Å². The topological polar surface area (TPSA) is 65.4 Å². The van der Waals surface area contributed by atoms with E-state index >= 15 is 0 Å². The SMILES string of the molecule is COC[C@H](C)Nc1cnn(Cc2ccc(OC)cc2)c(=O)c1C(F)(F)F. The van der Waals surface area contributed by atoms with Crippen molar-refractivity contribution in [1.29, 1.82) is 0 Å². The molecule has 1 aromatic carbocycles. The van der Waals surface area contributed by atoms with E-state index in [1.165, 1.54) is 14.2 Å². The number of nitrogens with zero attached hydrogens (tertiary/aromatic N) is 2. The van der Waals surface area contributed by atoms with Crippen LogP contribution in [0.2, 0.25) is 0 Å². The lowest BCUT2D eigenvalue weighted by molar-refractivity contribution is -0.138. The van der Waals surface area contributed by atoms with Gasteiger partial charge >= 0.3 is 6.18 Å². The van der Waals surface area contributed by atoms with Gasteiger partial charge in [0.25, 0.3) is 5.56 Å². The van der Waals surface area contributed by atoms with Gasteiger partial charge in [-0.1, -0.05) is 12.1 Å². The van der Waals surface area contributed by atoms with Crippen molar-refractivity contribution in [3.63, 3.8) is 0 Å². The van der Waals surface area contributed by atoms with Crippen LogP contribution in [-0.4, -0.2) is 36.6 Å². The van der Waals surface area contributed by atoms with Crippen molar-refractivity contribution in [2.24, 2.45) is 0 Å². The molecule has 6 nitrogen and oxygen atoms in total. The van der Waals surface area contributed by atoms with Gasteiger partial charge in [0.05, 0.1) is 32.1 Å². The van der Waals surface area contributed by atoms with Crippen LogP contribution in [0.4, 0.5) is 18.9 Å². The van der Waals surface area contributed by atoms with E-state index in [4.69, 9.17) is 9.47 Å². The highest BCUT2D eigenvalue weighted by molar-refractivity contribution is 5.50. The molecule has 0 saturated carbocycles. The summed E-state index contributed by atoms with van der Waals surface area (Å²) in [6, 6.07) is 6.22. The zero-order valence-corrected chi connectivity index (χ0v) is 14.6. The van der Waals surface area contributed by atoms with Gasteiger partial charge in [-0.15, -0.1) is 0 Å². The first kappa shape index (κ1) is 19.8. The van der Waals surface area contributed by atoms with Crippen molar-refractivity contribution in [2.45, 2.75) is 25.7 Å². The van der Waals surface area contributed by atoms with Crippen molar-refractivity contribution >= 4 is 5.69 Å². The molecule has 0 aliphatic rings. The van der Waals surface area contributed by atoms with Crippen molar-refractivity contribution in [3.8, 4) is 5.75 Å². The molecule has 1 aromatic heterocycles. The quantitative estimate of drug-likeness (QED) is 0.811. The molecule has 0 fully saturated rings. The molecule has 0 bridgehead atoms. The van der Waals surface area contributed by atoms with Gasteiger partial charge in [-0.3, -0.25) is 4.79 Å². The normalized spacial score (nSPS) is 12.7. The molecule has 142 valence electrons. The minimum absolute atomic E-state index is 0.0835. The van der Waals surface area contributed by atoms with E-state index in [0.717, 1.165) is 10.9 Å². The number of methoxy groups -OCH3 is 2. The van der Waals surface area contributed by atoms with E-state index in [1.807, 2.05) is 0 Å². The lowest BCUT2D eigenvalue weighted by Crippen LogP contribution is -2.34. The second kappa shape index (κ2) is 8.22. The lowest BCUT2D eigenvalue weighted by Gasteiger charge is -2.19. The Balaban J connectivity index is 2.38. The molecule has 9 heteroatoms. The summed E-state index contributed by atoms with van der Waals surface area (Å²) in [5.74, 6) is 0.608. The Kier molecular flexibility index (Phi) is 6.25. The molecule has 2 aromatic rings. The summed E-state index contributed by atoms with van der Waals surface area (Å²) in [5, 5.41) is 6.50. The molecule has 0 radical (unpaired) electrons. The monoisotopic (exact) mass is 371 g/mol. The van der Waals surface area contributed by atoms with Gasteiger partial charge in [0.15, 0.2) is 0 Å². The van der Waals surface area contributed by atoms with E-state index in [-0.39, 0.29) is 18.8 Å². The molecule has 1 atom stereocenters. The van der Waals surface area contributed by atoms with Crippen LogP contribution in [0.3, 0.4) is 0 Å². The fourth-order valence-corrected chi connectivity index (χ4v) is 2.45. The van der Waals surface area contributed by atoms with Crippen LogP contribution < -0.4 is 15.6 Å².